The molecule has 8 heteroatoms. The van der Waals surface area contributed by atoms with Gasteiger partial charge >= 0.3 is 16.2 Å². The molecule has 0 aromatic heterocycles. The van der Waals surface area contributed by atoms with E-state index in [1.165, 1.54) is 0 Å². The molecule has 1 rings (SSSR count). The number of ether oxygens (including phenoxy) is 1. The van der Waals surface area contributed by atoms with Crippen LogP contribution in [0.1, 0.15) is 0 Å². The van der Waals surface area contributed by atoms with E-state index in [1.54, 1.807) is 30.3 Å². The van der Waals surface area contributed by atoms with Crippen molar-refractivity contribution in [2.45, 2.75) is 5.44 Å². The highest BCUT2D eigenvalue weighted by Gasteiger charge is 2.21. The summed E-state index contributed by atoms with van der Waals surface area (Å²) in [5.41, 5.74) is -1.10. The second kappa shape index (κ2) is 6.60. The molecule has 0 saturated carbocycles. The molecule has 1 aromatic carbocycles. The van der Waals surface area contributed by atoms with Crippen molar-refractivity contribution >= 4 is 28.0 Å². The summed E-state index contributed by atoms with van der Waals surface area (Å²) in [5, 5.41) is 8.51. The number of carbonyl (C=O) groups is 1. The zero-order valence-corrected chi connectivity index (χ0v) is 10.8. The summed E-state index contributed by atoms with van der Waals surface area (Å²) in [5.74, 6) is -2.03. The van der Waals surface area contributed by atoms with Gasteiger partial charge in [-0.15, -0.1) is 15.6 Å². The number of para-hydroxylation sites is 1. The van der Waals surface area contributed by atoms with E-state index < -0.39 is 27.4 Å². The number of thioether (sulfide) groups is 1. The third-order valence-corrected chi connectivity index (χ3v) is 3.70. The normalized spacial score (nSPS) is 12.9. The minimum absolute atomic E-state index is 0.351. The van der Waals surface area contributed by atoms with Crippen LogP contribution in [-0.4, -0.2) is 36.4 Å². The van der Waals surface area contributed by atoms with Crippen molar-refractivity contribution in [3.05, 3.63) is 30.3 Å². The third-order valence-electron chi connectivity index (χ3n) is 1.74. The fourth-order valence-electron chi connectivity index (χ4n) is 1.09. The molecule has 0 saturated heterocycles. The Balaban J connectivity index is 2.68. The van der Waals surface area contributed by atoms with Crippen LogP contribution in [0.2, 0.25) is 0 Å². The molecule has 0 aliphatic heterocycles. The van der Waals surface area contributed by atoms with E-state index in [9.17, 15) is 17.1 Å². The molecule has 100 valence electrons. The van der Waals surface area contributed by atoms with Crippen LogP contribution in [-0.2, 0) is 15.0 Å². The largest absolute Gasteiger partial charge is 0.481 e. The maximum absolute atomic E-state index is 12.6. The second-order valence-electron chi connectivity index (χ2n) is 3.27. The zero-order chi connectivity index (χ0) is 13.6. The first-order chi connectivity index (χ1) is 8.37. The molecule has 5 nitrogen and oxygen atoms in total. The van der Waals surface area contributed by atoms with Crippen LogP contribution in [0.25, 0.3) is 0 Å². The Morgan fingerprint density at radius 3 is 2.50 bits per heavy atom. The Morgan fingerprint density at radius 2 is 2.00 bits per heavy atom. The number of halogens is 1. The number of carboxylic acid groups (broad SMARTS) is 1. The Labute approximate surface area is 108 Å². The molecule has 1 atom stereocenters. The molecule has 18 heavy (non-hydrogen) atoms. The molecule has 1 N–H and O–H groups in total. The van der Waals surface area contributed by atoms with Crippen LogP contribution < -0.4 is 4.74 Å². The van der Waals surface area contributed by atoms with Crippen LogP contribution >= 0.6 is 11.8 Å². The fraction of sp³-hybridized carbons (Fsp3) is 0.300. The Kier molecular flexibility index (Phi) is 5.42. The second-order valence-corrected chi connectivity index (χ2v) is 5.83. The molecule has 0 bridgehead atoms. The molecule has 0 aliphatic rings. The van der Waals surface area contributed by atoms with Crippen molar-refractivity contribution in [1.82, 2.24) is 0 Å². The summed E-state index contributed by atoms with van der Waals surface area (Å²) in [6.45, 7) is 0. The molecule has 0 heterocycles. The van der Waals surface area contributed by atoms with E-state index in [1.807, 2.05) is 0 Å². The molecular formula is C10H11FO5S2. The summed E-state index contributed by atoms with van der Waals surface area (Å²) in [6.07, 6.45) is 0. The van der Waals surface area contributed by atoms with Gasteiger partial charge in [0.05, 0.1) is 5.75 Å². The van der Waals surface area contributed by atoms with Crippen LogP contribution in [0.15, 0.2) is 30.3 Å². The molecule has 0 unspecified atom stereocenters. The first-order valence-electron chi connectivity index (χ1n) is 4.84. The SMILES string of the molecule is O=C(O)CS[C@@H](CS(=O)(=O)F)Oc1ccccc1. The van der Waals surface area contributed by atoms with E-state index in [0.29, 0.717) is 17.5 Å². The van der Waals surface area contributed by atoms with Crippen molar-refractivity contribution in [1.29, 1.82) is 0 Å². The molecule has 0 fully saturated rings. The van der Waals surface area contributed by atoms with Gasteiger partial charge in [-0.2, -0.15) is 8.42 Å². The summed E-state index contributed by atoms with van der Waals surface area (Å²) < 4.78 is 39.0. The third kappa shape index (κ3) is 6.45. The van der Waals surface area contributed by atoms with E-state index in [0.717, 1.165) is 0 Å². The number of carboxylic acids is 1. The molecule has 0 amide bonds. The standard InChI is InChI=1S/C10H11FO5S2/c11-18(14,15)7-10(17-6-9(12)13)16-8-4-2-1-3-5-8/h1-5,10H,6-7H2,(H,12,13)/t10-/m0/s1. The molecule has 0 aliphatic carbocycles. The minimum Gasteiger partial charge on any atom is -0.481 e. The van der Waals surface area contributed by atoms with Gasteiger partial charge in [-0.1, -0.05) is 18.2 Å². The van der Waals surface area contributed by atoms with Crippen molar-refractivity contribution in [3.63, 3.8) is 0 Å². The Bertz CT molecular complexity index is 488. The van der Waals surface area contributed by atoms with Gasteiger partial charge in [-0.05, 0) is 12.1 Å². The lowest BCUT2D eigenvalue weighted by atomic mass is 10.3. The van der Waals surface area contributed by atoms with Gasteiger partial charge in [0.2, 0.25) is 0 Å². The summed E-state index contributed by atoms with van der Waals surface area (Å²) in [6, 6.07) is 8.20. The van der Waals surface area contributed by atoms with Crippen molar-refractivity contribution in [2.24, 2.45) is 0 Å². The van der Waals surface area contributed by atoms with Crippen molar-refractivity contribution in [3.8, 4) is 5.75 Å². The number of aliphatic carboxylic acids is 1. The minimum atomic E-state index is -4.73. The van der Waals surface area contributed by atoms with Gasteiger partial charge in [-0.3, -0.25) is 4.79 Å². The van der Waals surface area contributed by atoms with Gasteiger partial charge in [0.15, 0.2) is 5.44 Å². The van der Waals surface area contributed by atoms with Gasteiger partial charge < -0.3 is 9.84 Å². The molecule has 0 spiro atoms. The first-order valence-corrected chi connectivity index (χ1v) is 7.44. The summed E-state index contributed by atoms with van der Waals surface area (Å²) in [4.78, 5) is 10.4. The molecule has 1 aromatic rings. The van der Waals surface area contributed by atoms with Crippen molar-refractivity contribution in [2.75, 3.05) is 11.5 Å². The lowest BCUT2D eigenvalue weighted by molar-refractivity contribution is -0.133. The number of rotatable bonds is 7. The van der Waals surface area contributed by atoms with Crippen LogP contribution in [0.4, 0.5) is 3.89 Å². The summed E-state index contributed by atoms with van der Waals surface area (Å²) in [7, 11) is -4.73. The van der Waals surface area contributed by atoms with E-state index >= 15 is 0 Å². The number of hydrogen-bond acceptors (Lipinski definition) is 5. The predicted molar refractivity (Wildman–Crippen MR) is 65.8 cm³/mol. The quantitative estimate of drug-likeness (QED) is 0.606. The topological polar surface area (TPSA) is 80.7 Å². The van der Waals surface area contributed by atoms with Crippen LogP contribution in [0.3, 0.4) is 0 Å². The van der Waals surface area contributed by atoms with Gasteiger partial charge in [0.25, 0.3) is 0 Å². The first kappa shape index (κ1) is 14.8. The molecule has 0 radical (unpaired) electrons. The smallest absolute Gasteiger partial charge is 0.313 e. The fourth-order valence-corrected chi connectivity index (χ4v) is 2.87. The highest BCUT2D eigenvalue weighted by Crippen LogP contribution is 2.20. The van der Waals surface area contributed by atoms with Crippen molar-refractivity contribution < 1.29 is 26.9 Å². The predicted octanol–water partition coefficient (Wildman–Crippen LogP) is 1.51. The maximum atomic E-state index is 12.6. The highest BCUT2D eigenvalue weighted by atomic mass is 32.3. The number of benzene rings is 1. The van der Waals surface area contributed by atoms with E-state index in [-0.39, 0.29) is 5.75 Å². The van der Waals surface area contributed by atoms with Gasteiger partial charge in [0.1, 0.15) is 11.5 Å². The van der Waals surface area contributed by atoms with Gasteiger partial charge in [-0.25, -0.2) is 0 Å². The average Bonchev–Trinajstić information content (AvgIpc) is 2.25. The van der Waals surface area contributed by atoms with Crippen LogP contribution in [0.5, 0.6) is 5.75 Å². The van der Waals surface area contributed by atoms with E-state index in [2.05, 4.69) is 0 Å². The monoisotopic (exact) mass is 294 g/mol. The number of hydrogen-bond donors (Lipinski definition) is 1. The average molecular weight is 294 g/mol. The zero-order valence-electron chi connectivity index (χ0n) is 9.15. The highest BCUT2D eigenvalue weighted by molar-refractivity contribution is 8.01. The summed E-state index contributed by atoms with van der Waals surface area (Å²) >= 11 is 0.710. The molecular weight excluding hydrogens is 283 g/mol. The van der Waals surface area contributed by atoms with Gasteiger partial charge in [0, 0.05) is 0 Å². The Hall–Kier alpha value is -1.28. The van der Waals surface area contributed by atoms with Crippen LogP contribution in [0, 0.1) is 0 Å². The lowest BCUT2D eigenvalue weighted by Crippen LogP contribution is -2.23. The Morgan fingerprint density at radius 1 is 1.39 bits per heavy atom. The lowest BCUT2D eigenvalue weighted by Gasteiger charge is -2.15. The van der Waals surface area contributed by atoms with E-state index in [4.69, 9.17) is 9.84 Å². The maximum Gasteiger partial charge on any atom is 0.313 e.